The van der Waals surface area contributed by atoms with E-state index in [9.17, 15) is 19.8 Å². The summed E-state index contributed by atoms with van der Waals surface area (Å²) in [5, 5.41) is 19.9. The largest absolute Gasteiger partial charge is 0.464 e. The molecule has 0 bridgehead atoms. The Bertz CT molecular complexity index is 531. The zero-order chi connectivity index (χ0) is 30.9. The molecule has 0 unspecified atom stereocenters. The van der Waals surface area contributed by atoms with Crippen LogP contribution in [0.2, 0.25) is 0 Å². The van der Waals surface area contributed by atoms with E-state index in [1.165, 1.54) is 141 Å². The summed E-state index contributed by atoms with van der Waals surface area (Å²) in [5.74, 6) is -1.93. The lowest BCUT2D eigenvalue weighted by atomic mass is 10.0. The Balaban J connectivity index is 3.53. The van der Waals surface area contributed by atoms with Gasteiger partial charge in [0.2, 0.25) is 0 Å². The molecule has 6 nitrogen and oxygen atoms in total. The first kappa shape index (κ1) is 40.9. The van der Waals surface area contributed by atoms with Gasteiger partial charge in [0.05, 0.1) is 13.2 Å². The molecular formula is C36H70O6. The van der Waals surface area contributed by atoms with Gasteiger partial charge in [-0.2, -0.15) is 0 Å². The minimum absolute atomic E-state index is 0.189. The van der Waals surface area contributed by atoms with Crippen LogP contribution in [0.5, 0.6) is 0 Å². The molecule has 0 aliphatic rings. The van der Waals surface area contributed by atoms with Crippen LogP contribution in [0.1, 0.15) is 194 Å². The second-order valence-electron chi connectivity index (χ2n) is 12.4. The van der Waals surface area contributed by atoms with Crippen LogP contribution in [0.4, 0.5) is 0 Å². The van der Waals surface area contributed by atoms with Crippen molar-refractivity contribution in [2.45, 2.75) is 206 Å². The lowest BCUT2D eigenvalue weighted by Crippen LogP contribution is -2.41. The zero-order valence-electron chi connectivity index (χ0n) is 27.9. The molecule has 0 aromatic rings. The maximum Gasteiger partial charge on any atom is 0.338 e. The Hall–Kier alpha value is -1.14. The summed E-state index contributed by atoms with van der Waals surface area (Å²) in [5.41, 5.74) is 0. The van der Waals surface area contributed by atoms with Crippen LogP contribution < -0.4 is 0 Å². The summed E-state index contributed by atoms with van der Waals surface area (Å²) in [6.07, 6.45) is 31.0. The predicted molar refractivity (Wildman–Crippen MR) is 175 cm³/mol. The van der Waals surface area contributed by atoms with Crippen molar-refractivity contribution in [3.8, 4) is 0 Å². The van der Waals surface area contributed by atoms with Gasteiger partial charge in [-0.1, -0.05) is 181 Å². The molecule has 0 saturated carbocycles. The fourth-order valence-electron chi connectivity index (χ4n) is 5.37. The Morgan fingerprint density at radius 3 is 0.786 bits per heavy atom. The maximum atomic E-state index is 12.0. The number of rotatable bonds is 33. The molecule has 0 amide bonds. The second kappa shape index (κ2) is 32.8. The highest BCUT2D eigenvalue weighted by Gasteiger charge is 2.32. The van der Waals surface area contributed by atoms with E-state index in [1.807, 2.05) is 0 Å². The maximum absolute atomic E-state index is 12.0. The third kappa shape index (κ3) is 27.7. The molecule has 42 heavy (non-hydrogen) atoms. The Morgan fingerprint density at radius 2 is 0.571 bits per heavy atom. The minimum Gasteiger partial charge on any atom is -0.464 e. The van der Waals surface area contributed by atoms with Crippen molar-refractivity contribution >= 4 is 11.9 Å². The molecule has 0 aliphatic heterocycles. The molecule has 0 fully saturated rings. The number of carbonyl (C=O) groups is 2. The van der Waals surface area contributed by atoms with Crippen LogP contribution in [0.15, 0.2) is 0 Å². The first-order chi connectivity index (χ1) is 20.5. The smallest absolute Gasteiger partial charge is 0.338 e. The molecule has 0 radical (unpaired) electrons. The molecule has 6 heteroatoms. The van der Waals surface area contributed by atoms with Gasteiger partial charge in [0, 0.05) is 0 Å². The molecule has 0 rings (SSSR count). The molecular weight excluding hydrogens is 528 g/mol. The molecule has 0 heterocycles. The van der Waals surface area contributed by atoms with Crippen LogP contribution in [0, 0.1) is 0 Å². The van der Waals surface area contributed by atoms with Gasteiger partial charge < -0.3 is 19.7 Å². The van der Waals surface area contributed by atoms with Gasteiger partial charge in [-0.15, -0.1) is 0 Å². The van der Waals surface area contributed by atoms with Crippen LogP contribution in [-0.2, 0) is 19.1 Å². The van der Waals surface area contributed by atoms with Crippen molar-refractivity contribution in [1.29, 1.82) is 0 Å². The highest BCUT2D eigenvalue weighted by Crippen LogP contribution is 2.14. The van der Waals surface area contributed by atoms with Crippen LogP contribution in [0.25, 0.3) is 0 Å². The van der Waals surface area contributed by atoms with Gasteiger partial charge in [-0.3, -0.25) is 0 Å². The SMILES string of the molecule is CCCCCCCCCCCCCCCCOC(=O)[C@H](O)[C@@H](O)C(=O)OCCCCCCCCCCCCCCCC. The molecule has 2 atom stereocenters. The van der Waals surface area contributed by atoms with Crippen molar-refractivity contribution in [2.24, 2.45) is 0 Å². The van der Waals surface area contributed by atoms with Gasteiger partial charge in [-0.05, 0) is 12.8 Å². The molecule has 0 aromatic heterocycles. The van der Waals surface area contributed by atoms with Crippen molar-refractivity contribution < 1.29 is 29.3 Å². The number of ether oxygens (including phenoxy) is 2. The summed E-state index contributed by atoms with van der Waals surface area (Å²) in [6, 6.07) is 0. The van der Waals surface area contributed by atoms with E-state index in [0.29, 0.717) is 0 Å². The average molecular weight is 599 g/mol. The summed E-state index contributed by atoms with van der Waals surface area (Å²) in [6.45, 7) is 4.89. The molecule has 0 aromatic carbocycles. The van der Waals surface area contributed by atoms with E-state index >= 15 is 0 Å². The summed E-state index contributed by atoms with van der Waals surface area (Å²) < 4.78 is 10.1. The Kier molecular flexibility index (Phi) is 31.9. The number of aliphatic hydroxyl groups excluding tert-OH is 2. The lowest BCUT2D eigenvalue weighted by molar-refractivity contribution is -0.173. The van der Waals surface area contributed by atoms with E-state index in [2.05, 4.69) is 13.8 Å². The molecule has 0 aliphatic carbocycles. The highest BCUT2D eigenvalue weighted by atomic mass is 16.6. The fraction of sp³-hybridized carbons (Fsp3) is 0.944. The van der Waals surface area contributed by atoms with Crippen molar-refractivity contribution in [3.63, 3.8) is 0 Å². The quantitative estimate of drug-likeness (QED) is 0.0577. The molecule has 2 N–H and O–H groups in total. The lowest BCUT2D eigenvalue weighted by Gasteiger charge is -2.16. The monoisotopic (exact) mass is 599 g/mol. The van der Waals surface area contributed by atoms with E-state index in [4.69, 9.17) is 9.47 Å². The summed E-state index contributed by atoms with van der Waals surface area (Å²) in [7, 11) is 0. The molecule has 250 valence electrons. The van der Waals surface area contributed by atoms with Crippen LogP contribution >= 0.6 is 0 Å². The molecule has 0 saturated heterocycles. The van der Waals surface area contributed by atoms with Crippen LogP contribution in [-0.4, -0.2) is 47.6 Å². The normalized spacial score (nSPS) is 12.8. The highest BCUT2D eigenvalue weighted by molar-refractivity contribution is 5.85. The zero-order valence-corrected chi connectivity index (χ0v) is 27.9. The van der Waals surface area contributed by atoms with Gasteiger partial charge in [0.1, 0.15) is 0 Å². The number of hydrogen-bond donors (Lipinski definition) is 2. The van der Waals surface area contributed by atoms with Gasteiger partial charge in [-0.25, -0.2) is 9.59 Å². The average Bonchev–Trinajstić information content (AvgIpc) is 3.00. The van der Waals surface area contributed by atoms with Crippen molar-refractivity contribution in [1.82, 2.24) is 0 Å². The Morgan fingerprint density at radius 1 is 0.381 bits per heavy atom. The van der Waals surface area contributed by atoms with E-state index in [0.717, 1.165) is 38.5 Å². The standard InChI is InChI=1S/C36H70O6/c1-3-5-7-9-11-13-15-17-19-21-23-25-27-29-31-41-35(39)33(37)34(38)36(40)42-32-30-28-26-24-22-20-18-16-14-12-10-8-6-4-2/h33-34,37-38H,3-32H2,1-2H3/t33-,34-/m1/s1. The van der Waals surface area contributed by atoms with E-state index in [1.54, 1.807) is 0 Å². The number of unbranched alkanes of at least 4 members (excludes halogenated alkanes) is 26. The number of esters is 2. The minimum atomic E-state index is -1.90. The topological polar surface area (TPSA) is 93.1 Å². The fourth-order valence-corrected chi connectivity index (χ4v) is 5.37. The van der Waals surface area contributed by atoms with Crippen molar-refractivity contribution in [3.05, 3.63) is 0 Å². The van der Waals surface area contributed by atoms with Crippen LogP contribution in [0.3, 0.4) is 0 Å². The van der Waals surface area contributed by atoms with Gasteiger partial charge in [0.15, 0.2) is 12.2 Å². The predicted octanol–water partition coefficient (Wildman–Crippen LogP) is 9.76. The first-order valence-electron chi connectivity index (χ1n) is 18.2. The van der Waals surface area contributed by atoms with E-state index in [-0.39, 0.29) is 13.2 Å². The van der Waals surface area contributed by atoms with Crippen molar-refractivity contribution in [2.75, 3.05) is 13.2 Å². The summed E-state index contributed by atoms with van der Waals surface area (Å²) in [4.78, 5) is 24.0. The number of carbonyl (C=O) groups excluding carboxylic acids is 2. The molecule has 0 spiro atoms. The van der Waals surface area contributed by atoms with Gasteiger partial charge >= 0.3 is 11.9 Å². The number of hydrogen-bond acceptors (Lipinski definition) is 6. The third-order valence-corrected chi connectivity index (χ3v) is 8.27. The summed E-state index contributed by atoms with van der Waals surface area (Å²) >= 11 is 0. The second-order valence-corrected chi connectivity index (χ2v) is 12.4. The third-order valence-electron chi connectivity index (χ3n) is 8.27. The number of aliphatic hydroxyl groups is 2. The Labute approximate surface area is 260 Å². The van der Waals surface area contributed by atoms with E-state index < -0.39 is 24.1 Å². The first-order valence-corrected chi connectivity index (χ1v) is 18.2. The van der Waals surface area contributed by atoms with Gasteiger partial charge in [0.25, 0.3) is 0 Å².